The van der Waals surface area contributed by atoms with Crippen molar-refractivity contribution >= 4 is 49.4 Å². The van der Waals surface area contributed by atoms with Gasteiger partial charge in [0, 0.05) is 0 Å². The molecule has 0 unspecified atom stereocenters. The number of hydrogen-bond acceptors (Lipinski definition) is 10. The summed E-state index contributed by atoms with van der Waals surface area (Å²) in [6.45, 7) is 0. The van der Waals surface area contributed by atoms with Crippen LogP contribution >= 0.6 is 0 Å². The summed E-state index contributed by atoms with van der Waals surface area (Å²) in [6.07, 6.45) is 0. The Labute approximate surface area is 143 Å². The van der Waals surface area contributed by atoms with Crippen LogP contribution in [0.25, 0.3) is 0 Å². The quantitative estimate of drug-likeness (QED) is 0.251. The van der Waals surface area contributed by atoms with Crippen molar-refractivity contribution in [2.45, 2.75) is 0 Å². The second kappa shape index (κ2) is 124. The van der Waals surface area contributed by atoms with Gasteiger partial charge in [-0.1, -0.05) is 0 Å². The fourth-order valence-corrected chi connectivity index (χ4v) is 0. The van der Waals surface area contributed by atoms with Gasteiger partial charge in [0.1, 0.15) is 0 Å². The first-order valence-corrected chi connectivity index (χ1v) is 8.29. The minimum atomic E-state index is -1.44. The third kappa shape index (κ3) is 1030. The van der Waals surface area contributed by atoms with E-state index < -0.39 is 59.3 Å². The van der Waals surface area contributed by atoms with Gasteiger partial charge < -0.3 is 0 Å². The third-order valence-corrected chi connectivity index (χ3v) is 0. The van der Waals surface area contributed by atoms with Crippen molar-refractivity contribution in [2.24, 2.45) is 0 Å². The Morgan fingerprint density at radius 2 is 0.375 bits per heavy atom. The van der Waals surface area contributed by atoms with E-state index in [9.17, 15) is 0 Å². The van der Waals surface area contributed by atoms with E-state index in [0.29, 0.717) is 0 Å². The van der Waals surface area contributed by atoms with Gasteiger partial charge in [-0.3, -0.25) is 0 Å². The molecule has 10 nitrogen and oxygen atoms in total. The van der Waals surface area contributed by atoms with Crippen LogP contribution in [0.2, 0.25) is 0 Å². The van der Waals surface area contributed by atoms with Crippen molar-refractivity contribution in [3.8, 4) is 0 Å². The SMILES string of the molecule is [O]=[Bi].[O]=[Bi].[O]=[Mn]=[O].[O]=[Mn]=[O].[O]=[Mn]=[O].[O]=[Mn]=[O]. The topological polar surface area (TPSA) is 171 Å². The molecule has 0 aliphatic rings. The van der Waals surface area contributed by atoms with Crippen LogP contribution in [0.5, 0.6) is 0 Å². The van der Waals surface area contributed by atoms with Crippen molar-refractivity contribution in [1.29, 1.82) is 0 Å². The molecule has 0 spiro atoms. The molecule has 2 radical (unpaired) electrons. The molecule has 0 amide bonds. The first-order chi connectivity index (χ1) is 7.66. The zero-order chi connectivity index (χ0) is 14.8. The summed E-state index contributed by atoms with van der Waals surface area (Å²) in [5.41, 5.74) is 0. The van der Waals surface area contributed by atoms with Crippen molar-refractivity contribution in [1.82, 2.24) is 0 Å². The number of hydrogen-bond donors (Lipinski definition) is 0. The van der Waals surface area contributed by atoms with Gasteiger partial charge in [-0.25, -0.2) is 0 Å². The molecule has 0 aromatic carbocycles. The second-order valence-electron chi connectivity index (χ2n) is 0.252. The Bertz CT molecular complexity index is 175. The van der Waals surface area contributed by atoms with Crippen LogP contribution in [0.1, 0.15) is 0 Å². The molecule has 0 fully saturated rings. The molecule has 0 rings (SSSR count). The Morgan fingerprint density at radius 3 is 0.375 bits per heavy atom. The molecule has 0 saturated carbocycles. The molecule has 0 heterocycles. The van der Waals surface area contributed by atoms with Gasteiger partial charge in [0.2, 0.25) is 0 Å². The van der Waals surface area contributed by atoms with E-state index in [4.69, 9.17) is 36.3 Å². The van der Waals surface area contributed by atoms with Gasteiger partial charge in [-0.2, -0.15) is 0 Å². The minimum absolute atomic E-state index is 0.194. The average molecular weight is 798 g/mol. The summed E-state index contributed by atoms with van der Waals surface area (Å²) in [6, 6.07) is 0. The van der Waals surface area contributed by atoms with E-state index in [1.54, 1.807) is 0 Å². The van der Waals surface area contributed by atoms with E-state index >= 15 is 0 Å². The fraction of sp³-hybridized carbons (Fsp3) is 0. The van der Waals surface area contributed by atoms with E-state index in [0.717, 1.165) is 0 Å². The zero-order valence-corrected chi connectivity index (χ0v) is 18.2. The molecule has 0 aliphatic carbocycles. The molecule has 0 aromatic rings. The number of rotatable bonds is 0. The van der Waals surface area contributed by atoms with E-state index in [1.165, 1.54) is 0 Å². The Balaban J connectivity index is -0.0000000190. The molecule has 0 N–H and O–H groups in total. The standard InChI is InChI=1S/2Bi.4Mn.10O. The fourth-order valence-electron chi connectivity index (χ4n) is 0. The van der Waals surface area contributed by atoms with Crippen LogP contribution in [-0.4, -0.2) is 49.4 Å². The monoisotopic (exact) mass is 798 g/mol. The van der Waals surface area contributed by atoms with Crippen molar-refractivity contribution in [3.05, 3.63) is 0 Å². The molecule has 0 bridgehead atoms. The normalized spacial score (nSPS) is 3.50. The molecule has 0 saturated heterocycles. The summed E-state index contributed by atoms with van der Waals surface area (Å²) < 4.78 is 84.0. The van der Waals surface area contributed by atoms with Crippen LogP contribution in [0.15, 0.2) is 0 Å². The van der Waals surface area contributed by atoms with Crippen LogP contribution in [0, 0.1) is 0 Å². The molecular formula is Bi2Mn4O10. The summed E-state index contributed by atoms with van der Waals surface area (Å²) in [4.78, 5) is 0. The molecule has 98 valence electrons. The summed E-state index contributed by atoms with van der Waals surface area (Å²) >= 11 is -5.36. The molecule has 0 aromatic heterocycles. The summed E-state index contributed by atoms with van der Waals surface area (Å²) in [5, 5.41) is 0. The van der Waals surface area contributed by atoms with E-state index in [-0.39, 0.29) is 49.4 Å². The summed E-state index contributed by atoms with van der Waals surface area (Å²) in [7, 11) is 0. The molecule has 16 heavy (non-hydrogen) atoms. The van der Waals surface area contributed by atoms with Crippen LogP contribution in [0.3, 0.4) is 0 Å². The maximum atomic E-state index is 8.41. The van der Waals surface area contributed by atoms with Gasteiger partial charge >= 0.3 is 145 Å². The Kier molecular flexibility index (Phi) is 279. The van der Waals surface area contributed by atoms with Gasteiger partial charge in [0.25, 0.3) is 0 Å². The van der Waals surface area contributed by atoms with Gasteiger partial charge in [0.05, 0.1) is 0 Å². The molecule has 0 atom stereocenters. The molecule has 16 heteroatoms. The molecular weight excluding hydrogens is 798 g/mol. The first kappa shape index (κ1) is 36.1. The zero-order valence-electron chi connectivity index (χ0n) is 6.49. The van der Waals surface area contributed by atoms with Crippen LogP contribution in [0.4, 0.5) is 0 Å². The van der Waals surface area contributed by atoms with Crippen LogP contribution in [-0.2, 0) is 95.6 Å². The Hall–Kier alpha value is 1.84. The average Bonchev–Trinajstić information content (AvgIpc) is 2.27. The van der Waals surface area contributed by atoms with Crippen LogP contribution < -0.4 is 0 Å². The maximum absolute atomic E-state index is 8.41. The third-order valence-electron chi connectivity index (χ3n) is 0. The predicted octanol–water partition coefficient (Wildman–Crippen LogP) is -1.96. The van der Waals surface area contributed by atoms with E-state index in [1.807, 2.05) is 0 Å². The van der Waals surface area contributed by atoms with Gasteiger partial charge in [0.15, 0.2) is 0 Å². The van der Waals surface area contributed by atoms with Crippen molar-refractivity contribution in [3.63, 3.8) is 0 Å². The summed E-state index contributed by atoms with van der Waals surface area (Å²) in [5.74, 6) is 0. The predicted molar refractivity (Wildman–Crippen MR) is 18.4 cm³/mol. The first-order valence-electron chi connectivity index (χ1n) is 1.60. The van der Waals surface area contributed by atoms with Crippen molar-refractivity contribution < 1.29 is 95.6 Å². The van der Waals surface area contributed by atoms with E-state index in [2.05, 4.69) is 0 Å². The van der Waals surface area contributed by atoms with Gasteiger partial charge in [-0.05, 0) is 0 Å². The second-order valence-corrected chi connectivity index (χ2v) is 1.04. The van der Waals surface area contributed by atoms with Crippen molar-refractivity contribution in [2.75, 3.05) is 0 Å². The molecule has 0 aliphatic heterocycles. The van der Waals surface area contributed by atoms with Gasteiger partial charge in [-0.15, -0.1) is 0 Å². The Morgan fingerprint density at radius 1 is 0.375 bits per heavy atom.